The van der Waals surface area contributed by atoms with Crippen molar-refractivity contribution < 1.29 is 4.39 Å². The normalized spacial score (nSPS) is 12.3. The van der Waals surface area contributed by atoms with Crippen LogP contribution in [0, 0.1) is 5.82 Å². The third-order valence-electron chi connectivity index (χ3n) is 2.74. The number of hydrogen-bond acceptors (Lipinski definition) is 3. The Balaban J connectivity index is 2.27. The topological polar surface area (TPSA) is 37.8 Å². The van der Waals surface area contributed by atoms with Crippen LogP contribution in [-0.2, 0) is 0 Å². The molecule has 0 bridgehead atoms. The molecule has 0 amide bonds. The highest BCUT2D eigenvalue weighted by Crippen LogP contribution is 2.21. The molecular formula is C14H16FN3. The summed E-state index contributed by atoms with van der Waals surface area (Å²) in [5, 5.41) is 11.1. The molecule has 18 heavy (non-hydrogen) atoms. The number of benzene rings is 1. The predicted molar refractivity (Wildman–Crippen MR) is 68.6 cm³/mol. The van der Waals surface area contributed by atoms with Crippen molar-refractivity contribution in [3.8, 4) is 0 Å². The van der Waals surface area contributed by atoms with Gasteiger partial charge in [-0.25, -0.2) is 4.39 Å². The maximum Gasteiger partial charge on any atom is 0.123 e. The summed E-state index contributed by atoms with van der Waals surface area (Å²) in [5.41, 5.74) is 2.06. The van der Waals surface area contributed by atoms with E-state index in [4.69, 9.17) is 0 Å². The van der Waals surface area contributed by atoms with Gasteiger partial charge in [0.2, 0.25) is 0 Å². The lowest BCUT2D eigenvalue weighted by Crippen LogP contribution is -2.23. The molecule has 0 saturated carbocycles. The Bertz CT molecular complexity index is 470. The Labute approximate surface area is 106 Å². The van der Waals surface area contributed by atoms with Gasteiger partial charge in [-0.2, -0.15) is 10.2 Å². The van der Waals surface area contributed by atoms with Gasteiger partial charge in [-0.1, -0.05) is 19.1 Å². The van der Waals surface area contributed by atoms with Gasteiger partial charge in [0, 0.05) is 6.20 Å². The van der Waals surface area contributed by atoms with E-state index in [9.17, 15) is 4.39 Å². The monoisotopic (exact) mass is 245 g/mol. The Morgan fingerprint density at radius 3 is 2.50 bits per heavy atom. The van der Waals surface area contributed by atoms with Crippen LogP contribution in [0.25, 0.3) is 0 Å². The largest absolute Gasteiger partial charge is 0.306 e. The number of halogens is 1. The first kappa shape index (κ1) is 12.6. The van der Waals surface area contributed by atoms with Gasteiger partial charge in [-0.3, -0.25) is 0 Å². The summed E-state index contributed by atoms with van der Waals surface area (Å²) in [7, 11) is 0. The molecule has 0 fully saturated rings. The molecule has 3 nitrogen and oxygen atoms in total. The van der Waals surface area contributed by atoms with Crippen LogP contribution >= 0.6 is 0 Å². The molecule has 1 unspecified atom stereocenters. The molecule has 0 saturated heterocycles. The number of hydrogen-bond donors (Lipinski definition) is 1. The summed E-state index contributed by atoms with van der Waals surface area (Å²) in [6.07, 6.45) is 4.44. The van der Waals surface area contributed by atoms with E-state index in [1.165, 1.54) is 12.1 Å². The van der Waals surface area contributed by atoms with E-state index < -0.39 is 0 Å². The fraction of sp³-hybridized carbons (Fsp3) is 0.286. The third kappa shape index (κ3) is 3.11. The smallest absolute Gasteiger partial charge is 0.123 e. The first-order valence-electron chi connectivity index (χ1n) is 6.06. The van der Waals surface area contributed by atoms with Crippen LogP contribution in [0.3, 0.4) is 0 Å². The highest BCUT2D eigenvalue weighted by molar-refractivity contribution is 5.29. The van der Waals surface area contributed by atoms with Crippen LogP contribution in [0.5, 0.6) is 0 Å². The second-order valence-corrected chi connectivity index (χ2v) is 4.11. The highest BCUT2D eigenvalue weighted by Gasteiger charge is 2.13. The Morgan fingerprint density at radius 1 is 1.11 bits per heavy atom. The zero-order chi connectivity index (χ0) is 12.8. The van der Waals surface area contributed by atoms with Gasteiger partial charge in [-0.05, 0) is 42.3 Å². The number of nitrogens with one attached hydrogen (secondary N) is 1. The van der Waals surface area contributed by atoms with Gasteiger partial charge in [0.15, 0.2) is 0 Å². The molecule has 2 aromatic rings. The first-order valence-corrected chi connectivity index (χ1v) is 6.06. The zero-order valence-electron chi connectivity index (χ0n) is 10.3. The van der Waals surface area contributed by atoms with Gasteiger partial charge in [0.1, 0.15) is 5.82 Å². The highest BCUT2D eigenvalue weighted by atomic mass is 19.1. The third-order valence-corrected chi connectivity index (χ3v) is 2.74. The van der Waals surface area contributed by atoms with Gasteiger partial charge >= 0.3 is 0 Å². The number of aromatic nitrogens is 2. The van der Waals surface area contributed by atoms with E-state index in [0.717, 1.165) is 24.1 Å². The molecule has 0 radical (unpaired) electrons. The van der Waals surface area contributed by atoms with Crippen LogP contribution in [0.4, 0.5) is 4.39 Å². The van der Waals surface area contributed by atoms with Gasteiger partial charge in [0.05, 0.1) is 12.2 Å². The van der Waals surface area contributed by atoms with E-state index in [2.05, 4.69) is 22.4 Å². The fourth-order valence-corrected chi connectivity index (χ4v) is 1.84. The van der Waals surface area contributed by atoms with E-state index in [0.29, 0.717) is 0 Å². The second-order valence-electron chi connectivity index (χ2n) is 4.11. The molecule has 0 aliphatic carbocycles. The van der Waals surface area contributed by atoms with E-state index in [-0.39, 0.29) is 11.9 Å². The standard InChI is InChI=1S/C14H16FN3/c1-2-8-16-14(12-7-9-17-18-10-12)11-3-5-13(15)6-4-11/h3-7,9-10,14,16H,2,8H2,1H3. The molecule has 4 heteroatoms. The minimum absolute atomic E-state index is 0.0287. The Morgan fingerprint density at radius 2 is 1.89 bits per heavy atom. The number of nitrogens with zero attached hydrogens (tertiary/aromatic N) is 2. The molecule has 94 valence electrons. The van der Waals surface area contributed by atoms with Crippen LogP contribution in [0.1, 0.15) is 30.5 Å². The lowest BCUT2D eigenvalue weighted by Gasteiger charge is -2.18. The lowest BCUT2D eigenvalue weighted by atomic mass is 10.0. The van der Waals surface area contributed by atoms with Crippen LogP contribution < -0.4 is 5.32 Å². The first-order chi connectivity index (χ1) is 8.81. The van der Waals surface area contributed by atoms with Gasteiger partial charge in [-0.15, -0.1) is 0 Å². The van der Waals surface area contributed by atoms with E-state index in [1.54, 1.807) is 24.5 Å². The minimum atomic E-state index is -0.221. The van der Waals surface area contributed by atoms with Gasteiger partial charge in [0.25, 0.3) is 0 Å². The maximum atomic E-state index is 13.0. The average Bonchev–Trinajstić information content (AvgIpc) is 2.42. The molecule has 1 N–H and O–H groups in total. The van der Waals surface area contributed by atoms with Crippen molar-refractivity contribution in [2.45, 2.75) is 19.4 Å². The molecule has 1 atom stereocenters. The van der Waals surface area contributed by atoms with Crippen LogP contribution in [0.2, 0.25) is 0 Å². The summed E-state index contributed by atoms with van der Waals surface area (Å²) in [6, 6.07) is 8.49. The summed E-state index contributed by atoms with van der Waals surface area (Å²) in [5.74, 6) is -0.221. The quantitative estimate of drug-likeness (QED) is 0.880. The van der Waals surface area contributed by atoms with Crippen LogP contribution in [0.15, 0.2) is 42.7 Å². The summed E-state index contributed by atoms with van der Waals surface area (Å²) >= 11 is 0. The average molecular weight is 245 g/mol. The summed E-state index contributed by atoms with van der Waals surface area (Å²) in [4.78, 5) is 0. The van der Waals surface area contributed by atoms with Crippen molar-refractivity contribution in [1.29, 1.82) is 0 Å². The van der Waals surface area contributed by atoms with Gasteiger partial charge < -0.3 is 5.32 Å². The molecule has 1 heterocycles. The second kappa shape index (κ2) is 6.21. The van der Waals surface area contributed by atoms with Crippen molar-refractivity contribution in [2.75, 3.05) is 6.54 Å². The zero-order valence-corrected chi connectivity index (χ0v) is 10.3. The predicted octanol–water partition coefficient (Wildman–Crippen LogP) is 2.70. The SMILES string of the molecule is CCCNC(c1ccc(F)cc1)c1ccnnc1. The minimum Gasteiger partial charge on any atom is -0.306 e. The molecular weight excluding hydrogens is 229 g/mol. The van der Waals surface area contributed by atoms with E-state index in [1.807, 2.05) is 6.07 Å². The number of rotatable bonds is 5. The molecule has 1 aromatic carbocycles. The molecule has 2 rings (SSSR count). The maximum absolute atomic E-state index is 13.0. The van der Waals surface area contributed by atoms with Crippen molar-refractivity contribution in [1.82, 2.24) is 15.5 Å². The Kier molecular flexibility index (Phi) is 4.36. The fourth-order valence-electron chi connectivity index (χ4n) is 1.84. The molecule has 0 spiro atoms. The van der Waals surface area contributed by atoms with Crippen molar-refractivity contribution in [3.05, 3.63) is 59.7 Å². The molecule has 0 aliphatic heterocycles. The van der Waals surface area contributed by atoms with Crippen molar-refractivity contribution in [3.63, 3.8) is 0 Å². The van der Waals surface area contributed by atoms with E-state index >= 15 is 0 Å². The summed E-state index contributed by atoms with van der Waals surface area (Å²) in [6.45, 7) is 3.00. The summed E-state index contributed by atoms with van der Waals surface area (Å²) < 4.78 is 13.0. The molecule has 1 aromatic heterocycles. The lowest BCUT2D eigenvalue weighted by molar-refractivity contribution is 0.590. The van der Waals surface area contributed by atoms with Crippen molar-refractivity contribution in [2.24, 2.45) is 0 Å². The Hall–Kier alpha value is -1.81. The van der Waals surface area contributed by atoms with Crippen molar-refractivity contribution >= 4 is 0 Å². The molecule has 0 aliphatic rings. The van der Waals surface area contributed by atoms with Crippen LogP contribution in [-0.4, -0.2) is 16.7 Å².